The Morgan fingerprint density at radius 3 is 2.65 bits per heavy atom. The van der Waals surface area contributed by atoms with Gasteiger partial charge in [0.05, 0.1) is 4.88 Å². The van der Waals surface area contributed by atoms with Crippen molar-refractivity contribution in [3.63, 3.8) is 0 Å². The maximum Gasteiger partial charge on any atom is 0.140 e. The van der Waals surface area contributed by atoms with E-state index in [1.54, 1.807) is 11.3 Å². The molecule has 3 heterocycles. The molecule has 4 rings (SSSR count). The van der Waals surface area contributed by atoms with Crippen LogP contribution in [0.25, 0.3) is 16.2 Å². The van der Waals surface area contributed by atoms with E-state index < -0.39 is 0 Å². The standard InChI is InChI=1S/C19H17N3S/c1-14-7-5-11-17-21-18(16-10-6-12-23-16)19(22(14)17)20-13-15-8-3-2-4-9-15/h2-12,20H,13H2,1H3. The zero-order valence-electron chi connectivity index (χ0n) is 12.9. The highest BCUT2D eigenvalue weighted by molar-refractivity contribution is 7.13. The molecule has 0 bridgehead atoms. The van der Waals surface area contributed by atoms with Crippen LogP contribution in [0.15, 0.2) is 66.0 Å². The molecule has 4 heteroatoms. The summed E-state index contributed by atoms with van der Waals surface area (Å²) in [7, 11) is 0. The van der Waals surface area contributed by atoms with Gasteiger partial charge in [0.15, 0.2) is 0 Å². The number of imidazole rings is 1. The quantitative estimate of drug-likeness (QED) is 0.574. The van der Waals surface area contributed by atoms with Crippen LogP contribution in [-0.4, -0.2) is 9.38 Å². The molecule has 0 unspecified atom stereocenters. The van der Waals surface area contributed by atoms with Gasteiger partial charge < -0.3 is 5.32 Å². The molecule has 3 aromatic heterocycles. The number of fused-ring (bicyclic) bond motifs is 1. The summed E-state index contributed by atoms with van der Waals surface area (Å²) in [6, 6.07) is 20.8. The maximum absolute atomic E-state index is 4.84. The Labute approximate surface area is 139 Å². The molecule has 4 aromatic rings. The van der Waals surface area contributed by atoms with Crippen molar-refractivity contribution in [3.05, 3.63) is 77.3 Å². The van der Waals surface area contributed by atoms with E-state index in [4.69, 9.17) is 4.98 Å². The molecule has 0 saturated carbocycles. The molecule has 23 heavy (non-hydrogen) atoms. The topological polar surface area (TPSA) is 29.3 Å². The van der Waals surface area contributed by atoms with Gasteiger partial charge in [-0.3, -0.25) is 4.40 Å². The molecule has 0 atom stereocenters. The summed E-state index contributed by atoms with van der Waals surface area (Å²) < 4.78 is 2.19. The lowest BCUT2D eigenvalue weighted by Gasteiger charge is -2.10. The lowest BCUT2D eigenvalue weighted by Crippen LogP contribution is -2.04. The monoisotopic (exact) mass is 319 g/mol. The van der Waals surface area contributed by atoms with E-state index in [1.807, 2.05) is 6.07 Å². The van der Waals surface area contributed by atoms with Crippen molar-refractivity contribution in [2.45, 2.75) is 13.5 Å². The summed E-state index contributed by atoms with van der Waals surface area (Å²) in [6.45, 7) is 2.89. The molecule has 0 radical (unpaired) electrons. The highest BCUT2D eigenvalue weighted by Crippen LogP contribution is 2.32. The molecule has 114 valence electrons. The summed E-state index contributed by atoms with van der Waals surface area (Å²) in [5.74, 6) is 1.06. The fraction of sp³-hybridized carbons (Fsp3) is 0.105. The SMILES string of the molecule is Cc1cccc2nc(-c3cccs3)c(NCc3ccccc3)n12. The fourth-order valence-corrected chi connectivity index (χ4v) is 3.50. The molecule has 0 spiro atoms. The molecule has 1 N–H and O–H groups in total. The second-order valence-corrected chi connectivity index (χ2v) is 6.43. The summed E-state index contributed by atoms with van der Waals surface area (Å²) in [5.41, 5.74) is 4.43. The van der Waals surface area contributed by atoms with E-state index in [0.29, 0.717) is 0 Å². The van der Waals surface area contributed by atoms with Crippen molar-refractivity contribution in [1.82, 2.24) is 9.38 Å². The molecule has 0 amide bonds. The van der Waals surface area contributed by atoms with Gasteiger partial charge in [-0.15, -0.1) is 11.3 Å². The molecule has 0 fully saturated rings. The average Bonchev–Trinajstić information content (AvgIpc) is 3.22. The van der Waals surface area contributed by atoms with Crippen LogP contribution < -0.4 is 5.32 Å². The van der Waals surface area contributed by atoms with Crippen LogP contribution in [0.5, 0.6) is 0 Å². The number of hydrogen-bond acceptors (Lipinski definition) is 3. The van der Waals surface area contributed by atoms with Crippen molar-refractivity contribution in [3.8, 4) is 10.6 Å². The Morgan fingerprint density at radius 2 is 1.87 bits per heavy atom. The molecule has 3 nitrogen and oxygen atoms in total. The van der Waals surface area contributed by atoms with Crippen LogP contribution in [0, 0.1) is 6.92 Å². The van der Waals surface area contributed by atoms with Gasteiger partial charge in [0.25, 0.3) is 0 Å². The number of aryl methyl sites for hydroxylation is 1. The van der Waals surface area contributed by atoms with Crippen LogP contribution >= 0.6 is 11.3 Å². The van der Waals surface area contributed by atoms with Crippen LogP contribution in [0.1, 0.15) is 11.3 Å². The normalized spacial score (nSPS) is 11.0. The smallest absolute Gasteiger partial charge is 0.140 e. The van der Waals surface area contributed by atoms with E-state index in [0.717, 1.165) is 23.7 Å². The van der Waals surface area contributed by atoms with E-state index in [9.17, 15) is 0 Å². The van der Waals surface area contributed by atoms with Crippen molar-refractivity contribution >= 4 is 22.8 Å². The van der Waals surface area contributed by atoms with E-state index in [2.05, 4.69) is 76.6 Å². The van der Waals surface area contributed by atoms with Crippen molar-refractivity contribution < 1.29 is 0 Å². The number of nitrogens with zero attached hydrogens (tertiary/aromatic N) is 2. The highest BCUT2D eigenvalue weighted by Gasteiger charge is 2.15. The van der Waals surface area contributed by atoms with Crippen molar-refractivity contribution in [2.75, 3.05) is 5.32 Å². The molecule has 0 aliphatic heterocycles. The number of thiophene rings is 1. The van der Waals surface area contributed by atoms with Gasteiger partial charge in [-0.1, -0.05) is 42.5 Å². The zero-order valence-corrected chi connectivity index (χ0v) is 13.7. The Morgan fingerprint density at radius 1 is 1.00 bits per heavy atom. The lowest BCUT2D eigenvalue weighted by molar-refractivity contribution is 1.05. The molecular formula is C19H17N3S. The van der Waals surface area contributed by atoms with Gasteiger partial charge in [0.2, 0.25) is 0 Å². The summed E-state index contributed by atoms with van der Waals surface area (Å²) >= 11 is 1.72. The molecule has 1 aromatic carbocycles. The summed E-state index contributed by atoms with van der Waals surface area (Å²) in [4.78, 5) is 6.02. The van der Waals surface area contributed by atoms with Gasteiger partial charge in [-0.05, 0) is 36.1 Å². The second kappa shape index (κ2) is 5.89. The lowest BCUT2D eigenvalue weighted by atomic mass is 10.2. The van der Waals surface area contributed by atoms with Crippen LogP contribution in [-0.2, 0) is 6.54 Å². The number of nitrogens with one attached hydrogen (secondary N) is 1. The third-order valence-corrected chi connectivity index (χ3v) is 4.77. The highest BCUT2D eigenvalue weighted by atomic mass is 32.1. The number of benzene rings is 1. The minimum Gasteiger partial charge on any atom is -0.365 e. The third kappa shape index (κ3) is 2.62. The average molecular weight is 319 g/mol. The summed E-state index contributed by atoms with van der Waals surface area (Å²) in [5, 5.41) is 5.68. The third-order valence-electron chi connectivity index (χ3n) is 3.90. The van der Waals surface area contributed by atoms with Gasteiger partial charge in [0, 0.05) is 12.2 Å². The van der Waals surface area contributed by atoms with E-state index >= 15 is 0 Å². The van der Waals surface area contributed by atoms with Crippen molar-refractivity contribution in [2.24, 2.45) is 0 Å². The predicted molar refractivity (Wildman–Crippen MR) is 97.0 cm³/mol. The first-order valence-corrected chi connectivity index (χ1v) is 8.50. The number of aromatic nitrogens is 2. The van der Waals surface area contributed by atoms with Crippen molar-refractivity contribution in [1.29, 1.82) is 0 Å². The molecule has 0 aliphatic carbocycles. The number of hydrogen-bond donors (Lipinski definition) is 1. The molecule has 0 aliphatic rings. The van der Waals surface area contributed by atoms with E-state index in [-0.39, 0.29) is 0 Å². The van der Waals surface area contributed by atoms with Crippen LogP contribution in [0.2, 0.25) is 0 Å². The van der Waals surface area contributed by atoms with Gasteiger partial charge in [-0.25, -0.2) is 4.98 Å². The second-order valence-electron chi connectivity index (χ2n) is 5.49. The van der Waals surface area contributed by atoms with Crippen LogP contribution in [0.4, 0.5) is 5.82 Å². The maximum atomic E-state index is 4.84. The number of pyridine rings is 1. The van der Waals surface area contributed by atoms with E-state index in [1.165, 1.54) is 16.1 Å². The Balaban J connectivity index is 1.81. The Kier molecular flexibility index (Phi) is 3.60. The number of rotatable bonds is 4. The predicted octanol–water partition coefficient (Wildman–Crippen LogP) is 4.98. The molecule has 0 saturated heterocycles. The molecular weight excluding hydrogens is 302 g/mol. The minimum absolute atomic E-state index is 0.779. The van der Waals surface area contributed by atoms with Crippen LogP contribution in [0.3, 0.4) is 0 Å². The summed E-state index contributed by atoms with van der Waals surface area (Å²) in [6.07, 6.45) is 0. The Bertz CT molecular complexity index is 924. The van der Waals surface area contributed by atoms with Gasteiger partial charge in [-0.2, -0.15) is 0 Å². The number of anilines is 1. The minimum atomic E-state index is 0.779. The first kappa shape index (κ1) is 14.0. The zero-order chi connectivity index (χ0) is 15.6. The first-order valence-electron chi connectivity index (χ1n) is 7.63. The fourth-order valence-electron chi connectivity index (χ4n) is 2.78. The van der Waals surface area contributed by atoms with Gasteiger partial charge >= 0.3 is 0 Å². The first-order chi connectivity index (χ1) is 11.3. The Hall–Kier alpha value is -2.59. The van der Waals surface area contributed by atoms with Gasteiger partial charge in [0.1, 0.15) is 17.2 Å². The largest absolute Gasteiger partial charge is 0.365 e.